The molecule has 3 N–H and O–H groups in total. The number of carbonyl (C=O) groups is 2. The van der Waals surface area contributed by atoms with Crippen molar-refractivity contribution < 1.29 is 9.59 Å². The van der Waals surface area contributed by atoms with Crippen molar-refractivity contribution in [3.63, 3.8) is 0 Å². The van der Waals surface area contributed by atoms with Crippen LogP contribution in [0.4, 0.5) is 0 Å². The van der Waals surface area contributed by atoms with Crippen LogP contribution in [0.1, 0.15) is 20.8 Å². The van der Waals surface area contributed by atoms with Crippen LogP contribution in [0.15, 0.2) is 24.5 Å². The molecule has 0 aromatic carbocycles. The lowest BCUT2D eigenvalue weighted by atomic mass is 10.2. The van der Waals surface area contributed by atoms with E-state index in [9.17, 15) is 9.59 Å². The molecule has 0 saturated carbocycles. The molecule has 0 spiro atoms. The zero-order chi connectivity index (χ0) is 14.1. The van der Waals surface area contributed by atoms with Crippen molar-refractivity contribution in [2.24, 2.45) is 5.73 Å². The van der Waals surface area contributed by atoms with E-state index < -0.39 is 5.91 Å². The van der Waals surface area contributed by atoms with Crippen molar-refractivity contribution in [2.45, 2.75) is 0 Å². The first kappa shape index (κ1) is 12.6. The van der Waals surface area contributed by atoms with Crippen molar-refractivity contribution >= 4 is 17.5 Å². The van der Waals surface area contributed by atoms with Gasteiger partial charge in [0.25, 0.3) is 11.8 Å². The zero-order valence-electron chi connectivity index (χ0n) is 10.9. The van der Waals surface area contributed by atoms with Crippen molar-refractivity contribution in [3.05, 3.63) is 35.8 Å². The van der Waals surface area contributed by atoms with Gasteiger partial charge in [-0.3, -0.25) is 9.59 Å². The van der Waals surface area contributed by atoms with Crippen LogP contribution < -0.4 is 11.1 Å². The number of nitrogens with zero attached hydrogens (tertiary/aromatic N) is 3. The Morgan fingerprint density at radius 3 is 2.65 bits per heavy atom. The summed E-state index contributed by atoms with van der Waals surface area (Å²) in [4.78, 5) is 29.3. The fraction of sp³-hybridized carbons (Fsp3) is 0.308. The summed E-state index contributed by atoms with van der Waals surface area (Å²) >= 11 is 0. The lowest BCUT2D eigenvalue weighted by Gasteiger charge is -2.27. The lowest BCUT2D eigenvalue weighted by Crippen LogP contribution is -2.46. The van der Waals surface area contributed by atoms with Crippen molar-refractivity contribution in [3.8, 4) is 0 Å². The Hall–Kier alpha value is -2.41. The monoisotopic (exact) mass is 273 g/mol. The molecule has 7 nitrogen and oxygen atoms in total. The van der Waals surface area contributed by atoms with E-state index in [2.05, 4.69) is 10.3 Å². The average Bonchev–Trinajstić information content (AvgIpc) is 2.90. The molecule has 0 unspecified atom stereocenters. The van der Waals surface area contributed by atoms with E-state index in [-0.39, 0.29) is 11.6 Å². The van der Waals surface area contributed by atoms with E-state index in [1.54, 1.807) is 22.7 Å². The molecule has 1 saturated heterocycles. The molecule has 1 aliphatic rings. The van der Waals surface area contributed by atoms with Crippen LogP contribution in [-0.2, 0) is 0 Å². The summed E-state index contributed by atoms with van der Waals surface area (Å²) in [5.74, 6) is -0.591. The lowest BCUT2D eigenvalue weighted by molar-refractivity contribution is 0.0735. The zero-order valence-corrected chi connectivity index (χ0v) is 10.9. The van der Waals surface area contributed by atoms with Crippen molar-refractivity contribution in [2.75, 3.05) is 26.2 Å². The van der Waals surface area contributed by atoms with Crippen LogP contribution in [0.2, 0.25) is 0 Å². The van der Waals surface area contributed by atoms with E-state index in [4.69, 9.17) is 5.73 Å². The Morgan fingerprint density at radius 1 is 1.20 bits per heavy atom. The van der Waals surface area contributed by atoms with Gasteiger partial charge in [0, 0.05) is 38.6 Å². The first-order valence-corrected chi connectivity index (χ1v) is 6.44. The number of piperazine rings is 1. The van der Waals surface area contributed by atoms with Gasteiger partial charge in [-0.2, -0.15) is 0 Å². The summed E-state index contributed by atoms with van der Waals surface area (Å²) in [5.41, 5.74) is 6.56. The van der Waals surface area contributed by atoms with Crippen LogP contribution in [0.5, 0.6) is 0 Å². The third kappa shape index (κ3) is 2.23. The standard InChI is InChI=1S/C13H15N5O2/c14-12(19)10-8-18-7-9(1-2-11(18)16-10)13(20)17-5-3-15-4-6-17/h1-2,7-8,15H,3-6H2,(H2,14,19). The van der Waals surface area contributed by atoms with E-state index in [0.717, 1.165) is 13.1 Å². The number of hydrogen-bond donors (Lipinski definition) is 2. The summed E-state index contributed by atoms with van der Waals surface area (Å²) in [5, 5.41) is 3.21. The second kappa shape index (κ2) is 4.93. The second-order valence-corrected chi connectivity index (χ2v) is 4.72. The number of rotatable bonds is 2. The summed E-state index contributed by atoms with van der Waals surface area (Å²) < 4.78 is 1.65. The number of amides is 2. The topological polar surface area (TPSA) is 92.7 Å². The number of nitrogens with one attached hydrogen (secondary N) is 1. The third-order valence-electron chi connectivity index (χ3n) is 3.35. The SMILES string of the molecule is NC(=O)c1cn2cc(C(=O)N3CCNCC3)ccc2n1. The fourth-order valence-electron chi connectivity index (χ4n) is 2.29. The van der Waals surface area contributed by atoms with Crippen LogP contribution >= 0.6 is 0 Å². The van der Waals surface area contributed by atoms with Crippen molar-refractivity contribution in [1.82, 2.24) is 19.6 Å². The highest BCUT2D eigenvalue weighted by Gasteiger charge is 2.18. The Balaban J connectivity index is 1.91. The third-order valence-corrected chi connectivity index (χ3v) is 3.35. The van der Waals surface area contributed by atoms with E-state index in [0.29, 0.717) is 24.3 Å². The van der Waals surface area contributed by atoms with E-state index >= 15 is 0 Å². The summed E-state index contributed by atoms with van der Waals surface area (Å²) in [7, 11) is 0. The second-order valence-electron chi connectivity index (χ2n) is 4.72. The first-order valence-electron chi connectivity index (χ1n) is 6.44. The number of carbonyl (C=O) groups excluding carboxylic acids is 2. The molecule has 104 valence electrons. The maximum atomic E-state index is 12.4. The Labute approximate surface area is 115 Å². The number of primary amides is 1. The smallest absolute Gasteiger partial charge is 0.268 e. The summed E-state index contributed by atoms with van der Waals surface area (Å²) in [6.07, 6.45) is 3.21. The van der Waals surface area contributed by atoms with Gasteiger partial charge in [-0.1, -0.05) is 0 Å². The average molecular weight is 273 g/mol. The highest BCUT2D eigenvalue weighted by atomic mass is 16.2. The quantitative estimate of drug-likeness (QED) is 0.770. The van der Waals surface area contributed by atoms with Gasteiger partial charge in [0.2, 0.25) is 0 Å². The van der Waals surface area contributed by atoms with Gasteiger partial charge >= 0.3 is 0 Å². The highest BCUT2D eigenvalue weighted by molar-refractivity contribution is 5.95. The molecule has 2 aromatic rings. The van der Waals surface area contributed by atoms with Crippen LogP contribution in [0.25, 0.3) is 5.65 Å². The predicted molar refractivity (Wildman–Crippen MR) is 72.5 cm³/mol. The van der Waals surface area contributed by atoms with Gasteiger partial charge in [0.1, 0.15) is 11.3 Å². The molecule has 0 atom stereocenters. The van der Waals surface area contributed by atoms with Crippen LogP contribution in [0, 0.1) is 0 Å². The summed E-state index contributed by atoms with van der Waals surface area (Å²) in [6, 6.07) is 3.43. The number of nitrogens with two attached hydrogens (primary N) is 1. The molecule has 2 amide bonds. The molecule has 0 bridgehead atoms. The number of aromatic nitrogens is 2. The van der Waals surface area contributed by atoms with Crippen LogP contribution in [-0.4, -0.2) is 52.3 Å². The minimum atomic E-state index is -0.580. The molecule has 0 radical (unpaired) electrons. The molecule has 3 rings (SSSR count). The van der Waals surface area contributed by atoms with E-state index in [1.807, 2.05) is 4.90 Å². The fourth-order valence-corrected chi connectivity index (χ4v) is 2.29. The highest BCUT2D eigenvalue weighted by Crippen LogP contribution is 2.10. The van der Waals surface area contributed by atoms with Gasteiger partial charge in [-0.25, -0.2) is 4.98 Å². The molecule has 3 heterocycles. The Kier molecular flexibility index (Phi) is 3.11. The minimum Gasteiger partial charge on any atom is -0.364 e. The molecule has 2 aromatic heterocycles. The molecular weight excluding hydrogens is 258 g/mol. The van der Waals surface area contributed by atoms with Gasteiger partial charge in [-0.15, -0.1) is 0 Å². The molecule has 7 heteroatoms. The predicted octanol–water partition coefficient (Wildman–Crippen LogP) is -0.521. The summed E-state index contributed by atoms with van der Waals surface area (Å²) in [6.45, 7) is 3.02. The van der Waals surface area contributed by atoms with Crippen LogP contribution in [0.3, 0.4) is 0 Å². The largest absolute Gasteiger partial charge is 0.364 e. The molecule has 0 aliphatic carbocycles. The molecule has 1 fully saturated rings. The van der Waals surface area contributed by atoms with Crippen molar-refractivity contribution in [1.29, 1.82) is 0 Å². The van der Waals surface area contributed by atoms with Gasteiger partial charge in [0.15, 0.2) is 0 Å². The molecule has 20 heavy (non-hydrogen) atoms. The molecule has 1 aliphatic heterocycles. The van der Waals surface area contributed by atoms with Gasteiger partial charge in [-0.05, 0) is 12.1 Å². The number of pyridine rings is 1. The number of imidazole rings is 1. The van der Waals surface area contributed by atoms with E-state index in [1.165, 1.54) is 6.20 Å². The minimum absolute atomic E-state index is 0.0114. The number of fused-ring (bicyclic) bond motifs is 1. The maximum absolute atomic E-state index is 12.4. The molecular formula is C13H15N5O2. The Morgan fingerprint density at radius 2 is 1.95 bits per heavy atom. The van der Waals surface area contributed by atoms with Gasteiger partial charge < -0.3 is 20.4 Å². The number of hydrogen-bond acceptors (Lipinski definition) is 4. The Bertz CT molecular complexity index is 672. The normalized spacial score (nSPS) is 15.5. The van der Waals surface area contributed by atoms with Gasteiger partial charge in [0.05, 0.1) is 5.56 Å². The maximum Gasteiger partial charge on any atom is 0.268 e. The first-order chi connectivity index (χ1) is 9.65.